The number of carbonyl (C=O) groups is 1. The zero-order chi connectivity index (χ0) is 20.8. The third kappa shape index (κ3) is 4.78. The maximum Gasteiger partial charge on any atom is 0.271 e. The molecule has 1 amide bonds. The van der Waals surface area contributed by atoms with Gasteiger partial charge >= 0.3 is 0 Å². The number of nitrogens with zero attached hydrogens (tertiary/aromatic N) is 2. The molecule has 0 saturated carbocycles. The Hall–Kier alpha value is -3.68. The molecule has 0 fully saturated rings. The van der Waals surface area contributed by atoms with Crippen LogP contribution in [0.1, 0.15) is 13.3 Å². The number of para-hydroxylation sites is 2. The second kappa shape index (κ2) is 9.01. The predicted molar refractivity (Wildman–Crippen MR) is 106 cm³/mol. The van der Waals surface area contributed by atoms with Gasteiger partial charge in [0.2, 0.25) is 5.88 Å². The fourth-order valence-corrected chi connectivity index (χ4v) is 2.65. The number of benzene rings is 2. The van der Waals surface area contributed by atoms with Crippen molar-refractivity contribution in [1.82, 2.24) is 9.78 Å². The van der Waals surface area contributed by atoms with Gasteiger partial charge in [0.1, 0.15) is 11.6 Å². The van der Waals surface area contributed by atoms with Crippen LogP contribution in [-0.4, -0.2) is 28.9 Å². The first-order valence-electron chi connectivity index (χ1n) is 8.98. The van der Waals surface area contributed by atoms with Crippen molar-refractivity contribution in [3.05, 3.63) is 76.8 Å². The molecule has 0 saturated heterocycles. The largest absolute Gasteiger partial charge is 0.495 e. The number of nitrogens with one attached hydrogen (secondary N) is 1. The number of hydrogen-bond donors (Lipinski definition) is 1. The van der Waals surface area contributed by atoms with E-state index in [0.717, 1.165) is 4.68 Å². The lowest BCUT2D eigenvalue weighted by Gasteiger charge is -2.18. The van der Waals surface area contributed by atoms with Crippen LogP contribution in [-0.2, 0) is 4.79 Å². The fourth-order valence-electron chi connectivity index (χ4n) is 2.65. The van der Waals surface area contributed by atoms with Gasteiger partial charge in [0, 0.05) is 12.1 Å². The molecule has 1 aromatic heterocycles. The minimum absolute atomic E-state index is 0.0935. The molecule has 150 valence electrons. The first kappa shape index (κ1) is 20.1. The van der Waals surface area contributed by atoms with E-state index in [4.69, 9.17) is 9.47 Å². The lowest BCUT2D eigenvalue weighted by molar-refractivity contribution is -0.123. The van der Waals surface area contributed by atoms with Crippen molar-refractivity contribution >= 4 is 11.6 Å². The molecule has 2 aromatic carbocycles. The smallest absolute Gasteiger partial charge is 0.271 e. The van der Waals surface area contributed by atoms with E-state index in [1.807, 2.05) is 0 Å². The van der Waals surface area contributed by atoms with Crippen molar-refractivity contribution in [2.45, 2.75) is 19.4 Å². The van der Waals surface area contributed by atoms with E-state index < -0.39 is 17.5 Å². The minimum Gasteiger partial charge on any atom is -0.495 e. The molecule has 0 spiro atoms. The van der Waals surface area contributed by atoms with Crippen LogP contribution >= 0.6 is 0 Å². The molecular weight excluding hydrogens is 377 g/mol. The molecule has 3 aromatic rings. The third-order valence-corrected chi connectivity index (χ3v) is 4.14. The SMILES string of the molecule is CC[C@H](Oc1ccc(=O)n(-c2ccc(F)cc2)n1)C(=O)Nc1ccccc1OC. The quantitative estimate of drug-likeness (QED) is 0.662. The molecule has 0 aliphatic rings. The Morgan fingerprint density at radius 3 is 2.55 bits per heavy atom. The van der Waals surface area contributed by atoms with Crippen molar-refractivity contribution in [3.63, 3.8) is 0 Å². The number of halogens is 1. The maximum atomic E-state index is 13.1. The van der Waals surface area contributed by atoms with Gasteiger partial charge in [-0.15, -0.1) is 5.10 Å². The first-order valence-corrected chi connectivity index (χ1v) is 8.98. The predicted octanol–water partition coefficient (Wildman–Crippen LogP) is 3.18. The summed E-state index contributed by atoms with van der Waals surface area (Å²) in [6.45, 7) is 1.79. The summed E-state index contributed by atoms with van der Waals surface area (Å²) in [5.41, 5.74) is 0.496. The van der Waals surface area contributed by atoms with E-state index in [-0.39, 0.29) is 11.8 Å². The lowest BCUT2D eigenvalue weighted by atomic mass is 10.2. The van der Waals surface area contributed by atoms with Crippen LogP contribution in [0, 0.1) is 5.82 Å². The normalized spacial score (nSPS) is 11.6. The van der Waals surface area contributed by atoms with Crippen LogP contribution in [0.3, 0.4) is 0 Å². The summed E-state index contributed by atoms with van der Waals surface area (Å²) < 4.78 is 25.2. The standard InChI is InChI=1S/C21H20FN3O4/c1-3-17(21(27)23-16-6-4-5-7-18(16)28-2)29-19-12-13-20(26)25(24-19)15-10-8-14(22)9-11-15/h4-13,17H,3H2,1-2H3,(H,23,27)/t17-/m0/s1. The molecule has 0 aliphatic heterocycles. The summed E-state index contributed by atoms with van der Waals surface area (Å²) in [7, 11) is 1.52. The first-order chi connectivity index (χ1) is 14.0. The second-order valence-electron chi connectivity index (χ2n) is 6.10. The number of rotatable bonds is 7. The van der Waals surface area contributed by atoms with E-state index in [1.165, 1.54) is 43.5 Å². The van der Waals surface area contributed by atoms with E-state index in [9.17, 15) is 14.0 Å². The number of anilines is 1. The van der Waals surface area contributed by atoms with Gasteiger partial charge in [-0.2, -0.15) is 4.68 Å². The van der Waals surface area contributed by atoms with Crippen LogP contribution in [0.2, 0.25) is 0 Å². The van der Waals surface area contributed by atoms with Gasteiger partial charge in [0.05, 0.1) is 18.5 Å². The highest BCUT2D eigenvalue weighted by Crippen LogP contribution is 2.23. The molecule has 0 radical (unpaired) electrons. The summed E-state index contributed by atoms with van der Waals surface area (Å²) in [6.07, 6.45) is -0.468. The van der Waals surface area contributed by atoms with Crippen molar-refractivity contribution < 1.29 is 18.7 Å². The highest BCUT2D eigenvalue weighted by atomic mass is 19.1. The molecule has 7 nitrogen and oxygen atoms in total. The number of methoxy groups -OCH3 is 1. The van der Waals surface area contributed by atoms with E-state index in [2.05, 4.69) is 10.4 Å². The molecule has 1 heterocycles. The van der Waals surface area contributed by atoms with Gasteiger partial charge in [-0.25, -0.2) is 4.39 Å². The Morgan fingerprint density at radius 2 is 1.86 bits per heavy atom. The average molecular weight is 397 g/mol. The molecule has 1 atom stereocenters. The highest BCUT2D eigenvalue weighted by Gasteiger charge is 2.21. The fraction of sp³-hybridized carbons (Fsp3) is 0.190. The lowest BCUT2D eigenvalue weighted by Crippen LogP contribution is -2.33. The van der Waals surface area contributed by atoms with Crippen LogP contribution in [0.25, 0.3) is 5.69 Å². The Bertz CT molecular complexity index is 1050. The number of aromatic nitrogens is 2. The number of amides is 1. The zero-order valence-electron chi connectivity index (χ0n) is 16.0. The number of ether oxygens (including phenoxy) is 2. The van der Waals surface area contributed by atoms with Gasteiger partial charge in [0.15, 0.2) is 6.10 Å². The summed E-state index contributed by atoms with van der Waals surface area (Å²) >= 11 is 0. The maximum absolute atomic E-state index is 13.1. The van der Waals surface area contributed by atoms with Crippen LogP contribution < -0.4 is 20.3 Å². The van der Waals surface area contributed by atoms with Crippen molar-refractivity contribution in [1.29, 1.82) is 0 Å². The average Bonchev–Trinajstić information content (AvgIpc) is 2.74. The molecular formula is C21H20FN3O4. The van der Waals surface area contributed by atoms with Gasteiger partial charge in [-0.05, 0) is 42.8 Å². The molecule has 0 unspecified atom stereocenters. The van der Waals surface area contributed by atoms with Gasteiger partial charge in [0.25, 0.3) is 11.5 Å². The Balaban J connectivity index is 1.80. The molecule has 29 heavy (non-hydrogen) atoms. The van der Waals surface area contributed by atoms with Crippen molar-refractivity contribution in [2.24, 2.45) is 0 Å². The topological polar surface area (TPSA) is 82.5 Å². The van der Waals surface area contributed by atoms with Crippen LogP contribution in [0.4, 0.5) is 10.1 Å². The summed E-state index contributed by atoms with van der Waals surface area (Å²) in [5.74, 6) is -0.179. The molecule has 0 bridgehead atoms. The summed E-state index contributed by atoms with van der Waals surface area (Å²) in [5, 5.41) is 6.91. The van der Waals surface area contributed by atoms with Gasteiger partial charge in [-0.3, -0.25) is 9.59 Å². The third-order valence-electron chi connectivity index (χ3n) is 4.14. The van der Waals surface area contributed by atoms with E-state index in [0.29, 0.717) is 23.5 Å². The van der Waals surface area contributed by atoms with Gasteiger partial charge in [-0.1, -0.05) is 19.1 Å². The van der Waals surface area contributed by atoms with Crippen molar-refractivity contribution in [2.75, 3.05) is 12.4 Å². The van der Waals surface area contributed by atoms with Gasteiger partial charge < -0.3 is 14.8 Å². The number of hydrogen-bond acceptors (Lipinski definition) is 5. The van der Waals surface area contributed by atoms with E-state index >= 15 is 0 Å². The Labute approximate surface area is 166 Å². The molecule has 8 heteroatoms. The van der Waals surface area contributed by atoms with Crippen LogP contribution in [0.5, 0.6) is 11.6 Å². The zero-order valence-corrected chi connectivity index (χ0v) is 16.0. The Morgan fingerprint density at radius 1 is 1.14 bits per heavy atom. The highest BCUT2D eigenvalue weighted by molar-refractivity contribution is 5.95. The van der Waals surface area contributed by atoms with Crippen molar-refractivity contribution in [3.8, 4) is 17.3 Å². The minimum atomic E-state index is -0.841. The second-order valence-corrected chi connectivity index (χ2v) is 6.10. The van der Waals surface area contributed by atoms with E-state index in [1.54, 1.807) is 31.2 Å². The number of carbonyl (C=O) groups excluding carboxylic acids is 1. The Kier molecular flexibility index (Phi) is 6.23. The molecule has 0 aliphatic carbocycles. The molecule has 3 rings (SSSR count). The monoisotopic (exact) mass is 397 g/mol. The van der Waals surface area contributed by atoms with Crippen LogP contribution in [0.15, 0.2) is 65.5 Å². The summed E-state index contributed by atoms with van der Waals surface area (Å²) in [6, 6.07) is 15.0. The molecule has 1 N–H and O–H groups in total. The summed E-state index contributed by atoms with van der Waals surface area (Å²) in [4.78, 5) is 24.8.